The van der Waals surface area contributed by atoms with Gasteiger partial charge in [-0.15, -0.1) is 0 Å². The van der Waals surface area contributed by atoms with E-state index in [1.54, 1.807) is 4.90 Å². The molecule has 0 aromatic heterocycles. The number of amides is 2. The quantitative estimate of drug-likeness (QED) is 0.811. The molecule has 2 saturated heterocycles. The minimum atomic E-state index is -0.950. The Balaban J connectivity index is 1.93. The molecule has 2 heterocycles. The SMILES string of the molecule is CCC[C@@H](NC(=O)N1CCC2CCC(C1)N2C)C(=O)O. The van der Waals surface area contributed by atoms with Crippen LogP contribution in [0.3, 0.4) is 0 Å². The highest BCUT2D eigenvalue weighted by Crippen LogP contribution is 2.28. The lowest BCUT2D eigenvalue weighted by Gasteiger charge is -2.27. The van der Waals surface area contributed by atoms with Crippen molar-refractivity contribution in [1.82, 2.24) is 15.1 Å². The van der Waals surface area contributed by atoms with Crippen LogP contribution in [-0.4, -0.2) is 65.2 Å². The first kappa shape index (κ1) is 15.1. The highest BCUT2D eigenvalue weighted by Gasteiger charge is 2.36. The van der Waals surface area contributed by atoms with E-state index in [9.17, 15) is 9.59 Å². The van der Waals surface area contributed by atoms with Crippen LogP contribution in [0.25, 0.3) is 0 Å². The normalized spacial score (nSPS) is 28.0. The Morgan fingerprint density at radius 3 is 2.65 bits per heavy atom. The number of nitrogens with one attached hydrogen (secondary N) is 1. The number of hydrogen-bond donors (Lipinski definition) is 2. The molecule has 2 amide bonds. The number of rotatable bonds is 4. The van der Waals surface area contributed by atoms with Gasteiger partial charge in [0.05, 0.1) is 0 Å². The summed E-state index contributed by atoms with van der Waals surface area (Å²) in [5.74, 6) is -0.950. The number of likely N-dealkylation sites (N-methyl/N-ethyl adjacent to an activating group) is 1. The summed E-state index contributed by atoms with van der Waals surface area (Å²) in [6, 6.07) is -0.0103. The highest BCUT2D eigenvalue weighted by atomic mass is 16.4. The number of nitrogens with zero attached hydrogens (tertiary/aromatic N) is 2. The molecule has 0 aromatic rings. The molecule has 2 bridgehead atoms. The Morgan fingerprint density at radius 1 is 1.30 bits per heavy atom. The topological polar surface area (TPSA) is 72.9 Å². The zero-order chi connectivity index (χ0) is 14.7. The third kappa shape index (κ3) is 3.23. The van der Waals surface area contributed by atoms with E-state index in [-0.39, 0.29) is 6.03 Å². The fraction of sp³-hybridized carbons (Fsp3) is 0.857. The van der Waals surface area contributed by atoms with Crippen molar-refractivity contribution in [1.29, 1.82) is 0 Å². The van der Waals surface area contributed by atoms with Gasteiger partial charge in [0.25, 0.3) is 0 Å². The van der Waals surface area contributed by atoms with Crippen LogP contribution in [0.1, 0.15) is 39.0 Å². The number of likely N-dealkylation sites (tertiary alicyclic amines) is 1. The lowest BCUT2D eigenvalue weighted by atomic mass is 10.1. The fourth-order valence-electron chi connectivity index (χ4n) is 3.28. The van der Waals surface area contributed by atoms with Crippen molar-refractivity contribution in [2.75, 3.05) is 20.1 Å². The van der Waals surface area contributed by atoms with Crippen LogP contribution < -0.4 is 5.32 Å². The smallest absolute Gasteiger partial charge is 0.326 e. The van der Waals surface area contributed by atoms with E-state index >= 15 is 0 Å². The maximum atomic E-state index is 12.3. The number of fused-ring (bicyclic) bond motifs is 2. The second-order valence-corrected chi connectivity index (χ2v) is 5.91. The standard InChI is InChI=1S/C14H25N3O3/c1-3-4-12(13(18)19)15-14(20)17-8-7-10-5-6-11(9-17)16(10)2/h10-12H,3-9H2,1-2H3,(H,15,20)(H,18,19)/t10?,11?,12-/m1/s1. The number of urea groups is 1. The average Bonchev–Trinajstić information content (AvgIpc) is 2.62. The molecule has 114 valence electrons. The van der Waals surface area contributed by atoms with Crippen LogP contribution >= 0.6 is 0 Å². The van der Waals surface area contributed by atoms with Gasteiger partial charge < -0.3 is 15.3 Å². The van der Waals surface area contributed by atoms with Crippen molar-refractivity contribution in [2.24, 2.45) is 0 Å². The van der Waals surface area contributed by atoms with Gasteiger partial charge in [-0.1, -0.05) is 13.3 Å². The van der Waals surface area contributed by atoms with Crippen molar-refractivity contribution in [3.8, 4) is 0 Å². The molecule has 6 nitrogen and oxygen atoms in total. The van der Waals surface area contributed by atoms with Gasteiger partial charge in [-0.25, -0.2) is 9.59 Å². The minimum Gasteiger partial charge on any atom is -0.480 e. The maximum Gasteiger partial charge on any atom is 0.326 e. The van der Waals surface area contributed by atoms with Gasteiger partial charge in [0.2, 0.25) is 0 Å². The Labute approximate surface area is 120 Å². The average molecular weight is 283 g/mol. The number of hydrogen-bond acceptors (Lipinski definition) is 3. The largest absolute Gasteiger partial charge is 0.480 e. The summed E-state index contributed by atoms with van der Waals surface area (Å²) in [6.07, 6.45) is 4.53. The molecular formula is C14H25N3O3. The zero-order valence-electron chi connectivity index (χ0n) is 12.3. The first-order valence-corrected chi connectivity index (χ1v) is 7.53. The number of aliphatic carboxylic acids is 1. The molecule has 2 N–H and O–H groups in total. The molecule has 3 atom stereocenters. The van der Waals surface area contributed by atoms with Crippen LogP contribution in [0.15, 0.2) is 0 Å². The Bertz CT molecular complexity index is 375. The second-order valence-electron chi connectivity index (χ2n) is 5.91. The summed E-state index contributed by atoms with van der Waals surface area (Å²) in [4.78, 5) is 27.5. The van der Waals surface area contributed by atoms with E-state index in [4.69, 9.17) is 5.11 Å². The van der Waals surface area contributed by atoms with Crippen LogP contribution in [0.4, 0.5) is 4.79 Å². The fourth-order valence-corrected chi connectivity index (χ4v) is 3.28. The van der Waals surface area contributed by atoms with Gasteiger partial charge in [-0.2, -0.15) is 0 Å². The molecule has 2 unspecified atom stereocenters. The molecule has 2 aliphatic heterocycles. The van der Waals surface area contributed by atoms with E-state index in [0.29, 0.717) is 25.0 Å². The van der Waals surface area contributed by atoms with E-state index in [0.717, 1.165) is 25.8 Å². The van der Waals surface area contributed by atoms with Gasteiger partial charge in [0.15, 0.2) is 0 Å². The molecule has 6 heteroatoms. The molecular weight excluding hydrogens is 258 g/mol. The molecule has 0 aliphatic carbocycles. The summed E-state index contributed by atoms with van der Waals surface area (Å²) in [5, 5.41) is 11.8. The highest BCUT2D eigenvalue weighted by molar-refractivity contribution is 5.82. The molecule has 20 heavy (non-hydrogen) atoms. The predicted octanol–water partition coefficient (Wildman–Crippen LogP) is 1.12. The third-order valence-electron chi connectivity index (χ3n) is 4.61. The molecule has 2 rings (SSSR count). The minimum absolute atomic E-state index is 0.230. The molecule has 0 spiro atoms. The molecule has 0 radical (unpaired) electrons. The number of carboxylic acid groups (broad SMARTS) is 1. The van der Waals surface area contributed by atoms with Crippen LogP contribution in [0.5, 0.6) is 0 Å². The van der Waals surface area contributed by atoms with Crippen molar-refractivity contribution in [3.63, 3.8) is 0 Å². The van der Waals surface area contributed by atoms with Gasteiger partial charge in [-0.05, 0) is 32.7 Å². The summed E-state index contributed by atoms with van der Waals surface area (Å²) in [5.41, 5.74) is 0. The Morgan fingerprint density at radius 2 is 2.00 bits per heavy atom. The van der Waals surface area contributed by atoms with Crippen LogP contribution in [0, 0.1) is 0 Å². The maximum absolute atomic E-state index is 12.3. The molecule has 2 fully saturated rings. The van der Waals surface area contributed by atoms with Crippen molar-refractivity contribution < 1.29 is 14.7 Å². The van der Waals surface area contributed by atoms with E-state index in [1.165, 1.54) is 6.42 Å². The Kier molecular flexibility index (Phi) is 4.86. The van der Waals surface area contributed by atoms with Gasteiger partial charge in [0, 0.05) is 25.2 Å². The van der Waals surface area contributed by atoms with Crippen molar-refractivity contribution in [3.05, 3.63) is 0 Å². The van der Waals surface area contributed by atoms with E-state index in [1.807, 2.05) is 6.92 Å². The Hall–Kier alpha value is -1.30. The van der Waals surface area contributed by atoms with Gasteiger partial charge >= 0.3 is 12.0 Å². The predicted molar refractivity (Wildman–Crippen MR) is 75.6 cm³/mol. The summed E-state index contributed by atoms with van der Waals surface area (Å²) in [7, 11) is 2.13. The molecule has 0 saturated carbocycles. The van der Waals surface area contributed by atoms with Gasteiger partial charge in [-0.3, -0.25) is 4.90 Å². The first-order chi connectivity index (χ1) is 9.52. The first-order valence-electron chi connectivity index (χ1n) is 7.53. The van der Waals surface area contributed by atoms with Crippen LogP contribution in [-0.2, 0) is 4.79 Å². The summed E-state index contributed by atoms with van der Waals surface area (Å²) < 4.78 is 0. The molecule has 2 aliphatic rings. The number of carboxylic acids is 1. The van der Waals surface area contributed by atoms with Crippen LogP contribution in [0.2, 0.25) is 0 Å². The van der Waals surface area contributed by atoms with E-state index < -0.39 is 12.0 Å². The monoisotopic (exact) mass is 283 g/mol. The third-order valence-corrected chi connectivity index (χ3v) is 4.61. The van der Waals surface area contributed by atoms with Gasteiger partial charge in [0.1, 0.15) is 6.04 Å². The lowest BCUT2D eigenvalue weighted by Crippen LogP contribution is -2.50. The molecule has 0 aromatic carbocycles. The lowest BCUT2D eigenvalue weighted by molar-refractivity contribution is -0.139. The van der Waals surface area contributed by atoms with E-state index in [2.05, 4.69) is 17.3 Å². The number of carbonyl (C=O) groups is 2. The zero-order valence-corrected chi connectivity index (χ0v) is 12.3. The number of carbonyl (C=O) groups excluding carboxylic acids is 1. The van der Waals surface area contributed by atoms with Crippen molar-refractivity contribution >= 4 is 12.0 Å². The summed E-state index contributed by atoms with van der Waals surface area (Å²) in [6.45, 7) is 3.34. The summed E-state index contributed by atoms with van der Waals surface area (Å²) >= 11 is 0. The van der Waals surface area contributed by atoms with Crippen molar-refractivity contribution in [2.45, 2.75) is 57.2 Å². The second kappa shape index (κ2) is 6.43.